The van der Waals surface area contributed by atoms with Crippen molar-refractivity contribution in [2.75, 3.05) is 0 Å². The number of nitrogens with zero attached hydrogens (tertiary/aromatic N) is 4. The predicted molar refractivity (Wildman–Crippen MR) is 89.2 cm³/mol. The third-order valence-corrected chi connectivity index (χ3v) is 4.24. The summed E-state index contributed by atoms with van der Waals surface area (Å²) in [6.45, 7) is 3.98. The Balaban J connectivity index is 1.63. The first-order chi connectivity index (χ1) is 12.1. The first kappa shape index (κ1) is 15.6. The van der Waals surface area contributed by atoms with Gasteiger partial charge in [-0.05, 0) is 38.8 Å². The number of aromatic nitrogens is 4. The average molecular weight is 338 g/mol. The fourth-order valence-electron chi connectivity index (χ4n) is 2.79. The van der Waals surface area contributed by atoms with E-state index >= 15 is 0 Å². The molecule has 1 aliphatic carbocycles. The third-order valence-electron chi connectivity index (χ3n) is 4.24. The van der Waals surface area contributed by atoms with Crippen LogP contribution in [0.4, 0.5) is 0 Å². The number of phenolic OH excluding ortho intramolecular Hbond substituents is 1. The molecule has 0 aliphatic heterocycles. The highest BCUT2D eigenvalue weighted by Gasteiger charge is 2.28. The molecule has 0 saturated heterocycles. The first-order valence-electron chi connectivity index (χ1n) is 8.18. The molecule has 128 valence electrons. The van der Waals surface area contributed by atoms with E-state index in [2.05, 4.69) is 20.1 Å². The van der Waals surface area contributed by atoms with Crippen molar-refractivity contribution in [3.63, 3.8) is 0 Å². The normalized spacial score (nSPS) is 13.8. The van der Waals surface area contributed by atoms with Crippen LogP contribution in [0, 0.1) is 13.8 Å². The van der Waals surface area contributed by atoms with E-state index in [0.717, 1.165) is 41.2 Å². The molecular weight excluding hydrogens is 320 g/mol. The highest BCUT2D eigenvalue weighted by molar-refractivity contribution is 5.74. The van der Waals surface area contributed by atoms with E-state index in [4.69, 9.17) is 9.26 Å². The van der Waals surface area contributed by atoms with Crippen LogP contribution in [0.5, 0.6) is 11.5 Å². The largest absolute Gasteiger partial charge is 0.508 e. The van der Waals surface area contributed by atoms with E-state index in [1.165, 1.54) is 6.33 Å². The van der Waals surface area contributed by atoms with Gasteiger partial charge in [0.05, 0.1) is 0 Å². The van der Waals surface area contributed by atoms with Gasteiger partial charge in [0.2, 0.25) is 0 Å². The van der Waals surface area contributed by atoms with Crippen molar-refractivity contribution in [1.82, 2.24) is 20.1 Å². The lowest BCUT2D eigenvalue weighted by atomic mass is 10.0. The van der Waals surface area contributed by atoms with Crippen molar-refractivity contribution in [3.05, 3.63) is 47.6 Å². The Bertz CT molecular complexity index is 898. The van der Waals surface area contributed by atoms with Gasteiger partial charge in [0.15, 0.2) is 12.4 Å². The minimum atomic E-state index is 0.120. The second-order valence-electron chi connectivity index (χ2n) is 6.21. The highest BCUT2D eigenvalue weighted by atomic mass is 16.5. The summed E-state index contributed by atoms with van der Waals surface area (Å²) in [5, 5.41) is 13.8. The highest BCUT2D eigenvalue weighted by Crippen LogP contribution is 2.38. The van der Waals surface area contributed by atoms with Gasteiger partial charge < -0.3 is 14.4 Å². The van der Waals surface area contributed by atoms with Gasteiger partial charge in [-0.15, -0.1) is 0 Å². The van der Waals surface area contributed by atoms with E-state index in [1.54, 1.807) is 18.2 Å². The number of aryl methyl sites for hydroxylation is 2. The Kier molecular flexibility index (Phi) is 3.83. The average Bonchev–Trinajstić information content (AvgIpc) is 3.33. The Morgan fingerprint density at radius 1 is 1.20 bits per heavy atom. The zero-order valence-corrected chi connectivity index (χ0v) is 14.1. The molecule has 0 amide bonds. The molecule has 1 aliphatic rings. The summed E-state index contributed by atoms with van der Waals surface area (Å²) in [6, 6.07) is 4.98. The zero-order valence-electron chi connectivity index (χ0n) is 14.1. The number of rotatable bonds is 5. The lowest BCUT2D eigenvalue weighted by Gasteiger charge is -2.13. The maximum atomic E-state index is 9.84. The molecule has 1 fully saturated rings. The molecule has 1 aromatic carbocycles. The maximum absolute atomic E-state index is 9.84. The van der Waals surface area contributed by atoms with Crippen LogP contribution in [0.3, 0.4) is 0 Å². The Morgan fingerprint density at radius 3 is 2.68 bits per heavy atom. The van der Waals surface area contributed by atoms with Gasteiger partial charge in [-0.25, -0.2) is 9.97 Å². The zero-order chi connectivity index (χ0) is 17.4. The van der Waals surface area contributed by atoms with Crippen molar-refractivity contribution >= 4 is 0 Å². The van der Waals surface area contributed by atoms with Crippen molar-refractivity contribution in [2.45, 2.75) is 39.2 Å². The summed E-state index contributed by atoms with van der Waals surface area (Å²) < 4.78 is 11.1. The van der Waals surface area contributed by atoms with Crippen LogP contribution in [0.1, 0.15) is 41.9 Å². The number of phenols is 1. The summed E-state index contributed by atoms with van der Waals surface area (Å²) in [5.74, 6) is 2.25. The molecule has 1 saturated carbocycles. The molecule has 0 bridgehead atoms. The molecule has 0 unspecified atom stereocenters. The van der Waals surface area contributed by atoms with Gasteiger partial charge in [0.25, 0.3) is 5.89 Å². The first-order valence-corrected chi connectivity index (χ1v) is 8.18. The SMILES string of the molecule is Cc1ncnc(C)c1-c1ccc(O)cc1OCc1nc(C2CC2)no1. The molecule has 1 N–H and O–H groups in total. The minimum absolute atomic E-state index is 0.120. The molecule has 7 nitrogen and oxygen atoms in total. The molecule has 0 spiro atoms. The maximum Gasteiger partial charge on any atom is 0.264 e. The van der Waals surface area contributed by atoms with Crippen molar-refractivity contribution in [3.8, 4) is 22.6 Å². The lowest BCUT2D eigenvalue weighted by Crippen LogP contribution is -2.00. The van der Waals surface area contributed by atoms with Crippen molar-refractivity contribution in [2.24, 2.45) is 0 Å². The summed E-state index contributed by atoms with van der Waals surface area (Å²) in [6.07, 6.45) is 3.76. The number of benzene rings is 1. The molecule has 2 aromatic heterocycles. The van der Waals surface area contributed by atoms with Crippen LogP contribution in [-0.2, 0) is 6.61 Å². The molecular formula is C18H18N4O3. The Labute approximate surface area is 144 Å². The van der Waals surface area contributed by atoms with E-state index in [1.807, 2.05) is 13.8 Å². The molecule has 0 radical (unpaired) electrons. The molecule has 25 heavy (non-hydrogen) atoms. The van der Waals surface area contributed by atoms with E-state index in [9.17, 15) is 5.11 Å². The van der Waals surface area contributed by atoms with Crippen LogP contribution in [0.15, 0.2) is 29.0 Å². The Morgan fingerprint density at radius 2 is 1.96 bits per heavy atom. The number of hydrogen-bond donors (Lipinski definition) is 1. The van der Waals surface area contributed by atoms with Gasteiger partial charge in [-0.2, -0.15) is 4.98 Å². The quantitative estimate of drug-likeness (QED) is 0.762. The van der Waals surface area contributed by atoms with Gasteiger partial charge in [-0.1, -0.05) is 5.16 Å². The van der Waals surface area contributed by atoms with Crippen molar-refractivity contribution in [1.29, 1.82) is 0 Å². The van der Waals surface area contributed by atoms with Crippen LogP contribution in [0.2, 0.25) is 0 Å². The summed E-state index contributed by atoms with van der Waals surface area (Å²) >= 11 is 0. The molecule has 7 heteroatoms. The molecule has 3 aromatic rings. The summed E-state index contributed by atoms with van der Waals surface area (Å²) in [7, 11) is 0. The second-order valence-corrected chi connectivity index (χ2v) is 6.21. The molecule has 0 atom stereocenters. The van der Waals surface area contributed by atoms with Crippen molar-refractivity contribution < 1.29 is 14.4 Å². The van der Waals surface area contributed by atoms with Gasteiger partial charge >= 0.3 is 0 Å². The van der Waals surface area contributed by atoms with E-state index < -0.39 is 0 Å². The molecule has 4 rings (SSSR count). The fourth-order valence-corrected chi connectivity index (χ4v) is 2.79. The lowest BCUT2D eigenvalue weighted by molar-refractivity contribution is 0.242. The predicted octanol–water partition coefficient (Wildman–Crippen LogP) is 3.31. The number of aromatic hydroxyl groups is 1. The number of hydrogen-bond acceptors (Lipinski definition) is 7. The van der Waals surface area contributed by atoms with E-state index in [-0.39, 0.29) is 12.4 Å². The smallest absolute Gasteiger partial charge is 0.264 e. The topological polar surface area (TPSA) is 94.2 Å². The van der Waals surface area contributed by atoms with Gasteiger partial charge in [0.1, 0.15) is 17.8 Å². The Hall–Kier alpha value is -2.96. The summed E-state index contributed by atoms with van der Waals surface area (Å²) in [4.78, 5) is 12.9. The minimum Gasteiger partial charge on any atom is -0.508 e. The van der Waals surface area contributed by atoms with Crippen LogP contribution >= 0.6 is 0 Å². The van der Waals surface area contributed by atoms with Crippen LogP contribution in [-0.4, -0.2) is 25.2 Å². The van der Waals surface area contributed by atoms with Crippen LogP contribution in [0.25, 0.3) is 11.1 Å². The van der Waals surface area contributed by atoms with E-state index in [0.29, 0.717) is 17.6 Å². The molecule has 2 heterocycles. The number of ether oxygens (including phenoxy) is 1. The fraction of sp³-hybridized carbons (Fsp3) is 0.333. The van der Waals surface area contributed by atoms with Gasteiger partial charge in [-0.3, -0.25) is 0 Å². The van der Waals surface area contributed by atoms with Crippen LogP contribution < -0.4 is 4.74 Å². The standard InChI is InChI=1S/C18H18N4O3/c1-10-17(11(2)20-9-19-10)14-6-5-13(23)7-15(14)24-8-16-21-18(22-25-16)12-3-4-12/h5-7,9,12,23H,3-4,8H2,1-2H3. The second kappa shape index (κ2) is 6.16. The summed E-state index contributed by atoms with van der Waals surface area (Å²) in [5.41, 5.74) is 3.39. The third kappa shape index (κ3) is 3.17. The monoisotopic (exact) mass is 338 g/mol. The van der Waals surface area contributed by atoms with Gasteiger partial charge in [0, 0.05) is 34.5 Å².